The first kappa shape index (κ1) is 24.5. The molecule has 2 N–H and O–H groups in total. The van der Waals surface area contributed by atoms with E-state index in [4.69, 9.17) is 4.74 Å². The summed E-state index contributed by atoms with van der Waals surface area (Å²) in [4.78, 5) is 4.18. The van der Waals surface area contributed by atoms with Crippen molar-refractivity contribution < 1.29 is 23.0 Å². The number of nitrogens with one attached hydrogen (secondary N) is 1. The molecule has 1 aliphatic heterocycles. The molecule has 0 aliphatic carbocycles. The summed E-state index contributed by atoms with van der Waals surface area (Å²) in [5.41, 5.74) is -1.03. The predicted molar refractivity (Wildman–Crippen MR) is 123 cm³/mol. The van der Waals surface area contributed by atoms with Crippen molar-refractivity contribution in [1.29, 1.82) is 0 Å². The van der Waals surface area contributed by atoms with E-state index in [0.717, 1.165) is 6.07 Å². The second-order valence-electron chi connectivity index (χ2n) is 9.87. The van der Waals surface area contributed by atoms with Crippen LogP contribution in [0.5, 0.6) is 5.75 Å². The number of rotatable bonds is 6. The van der Waals surface area contributed by atoms with Crippen molar-refractivity contribution in [2.24, 2.45) is 0 Å². The molecule has 7 nitrogen and oxygen atoms in total. The van der Waals surface area contributed by atoms with Crippen LogP contribution in [0.2, 0.25) is 0 Å². The number of piperidine rings is 1. The highest BCUT2D eigenvalue weighted by Crippen LogP contribution is 2.39. The number of hydrogen-bond donors (Lipinski definition) is 2. The molecule has 2 aromatic heterocycles. The van der Waals surface area contributed by atoms with E-state index in [1.165, 1.54) is 17.0 Å². The number of hydrogen-bond acceptors (Lipinski definition) is 5. The molecule has 34 heavy (non-hydrogen) atoms. The molecule has 3 aromatic rings. The molecule has 10 heteroatoms. The van der Waals surface area contributed by atoms with Crippen LogP contribution in [0.1, 0.15) is 70.8 Å². The maximum atomic E-state index is 13.9. The predicted octanol–water partition coefficient (Wildman–Crippen LogP) is 4.82. The zero-order chi connectivity index (χ0) is 24.8. The van der Waals surface area contributed by atoms with Crippen LogP contribution in [0.25, 0.3) is 11.0 Å². The first-order chi connectivity index (χ1) is 15.9. The maximum absolute atomic E-state index is 13.9. The summed E-state index contributed by atoms with van der Waals surface area (Å²) in [6.07, 6.45) is -0.453. The number of imidazole rings is 1. The molecule has 3 unspecified atom stereocenters. The van der Waals surface area contributed by atoms with Gasteiger partial charge in [0.05, 0.1) is 28.6 Å². The van der Waals surface area contributed by atoms with Gasteiger partial charge in [-0.1, -0.05) is 0 Å². The van der Waals surface area contributed by atoms with Gasteiger partial charge in [0.1, 0.15) is 18.0 Å². The molecule has 0 amide bonds. The molecule has 0 saturated carbocycles. The average Bonchev–Trinajstić information content (AvgIpc) is 3.38. The lowest BCUT2D eigenvalue weighted by Gasteiger charge is -2.40. The van der Waals surface area contributed by atoms with Gasteiger partial charge in [-0.25, -0.2) is 4.98 Å². The van der Waals surface area contributed by atoms with E-state index in [1.54, 1.807) is 4.68 Å². The number of aromatic nitrogens is 4. The molecule has 1 saturated heterocycles. The highest BCUT2D eigenvalue weighted by atomic mass is 19.4. The summed E-state index contributed by atoms with van der Waals surface area (Å²) in [6, 6.07) is 4.11. The third-order valence-corrected chi connectivity index (χ3v) is 6.32. The van der Waals surface area contributed by atoms with Gasteiger partial charge < -0.3 is 19.7 Å². The number of ether oxygens (including phenoxy) is 1. The summed E-state index contributed by atoms with van der Waals surface area (Å²) in [5.74, 6) is 0.0986. The Hall–Kier alpha value is -2.59. The largest absolute Gasteiger partial charge is 0.492 e. The number of benzene rings is 1. The lowest BCUT2D eigenvalue weighted by molar-refractivity contribution is -0.136. The average molecular weight is 480 g/mol. The zero-order valence-corrected chi connectivity index (χ0v) is 20.1. The maximum Gasteiger partial charge on any atom is 0.418 e. The lowest BCUT2D eigenvalue weighted by Crippen LogP contribution is -2.53. The van der Waals surface area contributed by atoms with Crippen molar-refractivity contribution in [1.82, 2.24) is 24.6 Å². The molecular weight excluding hydrogens is 447 g/mol. The summed E-state index contributed by atoms with van der Waals surface area (Å²) in [6.45, 7) is 9.71. The number of alkyl halides is 3. The van der Waals surface area contributed by atoms with Crippen LogP contribution in [0.3, 0.4) is 0 Å². The molecule has 3 heterocycles. The van der Waals surface area contributed by atoms with Gasteiger partial charge in [-0.3, -0.25) is 4.68 Å². The van der Waals surface area contributed by atoms with Gasteiger partial charge in [-0.05, 0) is 53.2 Å². The first-order valence-corrected chi connectivity index (χ1v) is 11.6. The van der Waals surface area contributed by atoms with Gasteiger partial charge in [0.15, 0.2) is 0 Å². The van der Waals surface area contributed by atoms with Crippen LogP contribution in [0.15, 0.2) is 30.7 Å². The first-order valence-electron chi connectivity index (χ1n) is 11.6. The fourth-order valence-corrected chi connectivity index (χ4v) is 4.74. The van der Waals surface area contributed by atoms with Crippen LogP contribution in [0, 0.1) is 0 Å². The molecular formula is C24H32F3N5O2. The minimum Gasteiger partial charge on any atom is -0.492 e. The van der Waals surface area contributed by atoms with Crippen molar-refractivity contribution >= 4 is 11.0 Å². The third kappa shape index (κ3) is 4.79. The van der Waals surface area contributed by atoms with E-state index in [-0.39, 0.29) is 47.6 Å². The Morgan fingerprint density at radius 2 is 1.94 bits per heavy atom. The topological polar surface area (TPSA) is 77.1 Å². The molecule has 1 fully saturated rings. The van der Waals surface area contributed by atoms with Gasteiger partial charge in [0.2, 0.25) is 0 Å². The van der Waals surface area contributed by atoms with Crippen LogP contribution in [-0.4, -0.2) is 43.1 Å². The van der Waals surface area contributed by atoms with Crippen LogP contribution in [-0.2, 0) is 11.8 Å². The van der Waals surface area contributed by atoms with Crippen molar-refractivity contribution in [3.8, 4) is 5.75 Å². The van der Waals surface area contributed by atoms with Crippen molar-refractivity contribution in [3.63, 3.8) is 0 Å². The van der Waals surface area contributed by atoms with Crippen molar-refractivity contribution in [3.05, 3.63) is 42.0 Å². The smallest absolute Gasteiger partial charge is 0.418 e. The van der Waals surface area contributed by atoms with E-state index in [2.05, 4.69) is 15.4 Å². The molecule has 186 valence electrons. The van der Waals surface area contributed by atoms with Crippen LogP contribution >= 0.6 is 0 Å². The molecule has 0 radical (unpaired) electrons. The second kappa shape index (κ2) is 8.88. The van der Waals surface area contributed by atoms with Gasteiger partial charge in [-0.2, -0.15) is 18.3 Å². The van der Waals surface area contributed by atoms with Crippen molar-refractivity contribution in [2.45, 2.75) is 83.4 Å². The van der Waals surface area contributed by atoms with E-state index >= 15 is 0 Å². The summed E-state index contributed by atoms with van der Waals surface area (Å²) < 4.78 is 50.7. The number of aliphatic hydroxyl groups is 1. The quantitative estimate of drug-likeness (QED) is 0.530. The summed E-state index contributed by atoms with van der Waals surface area (Å²) in [7, 11) is 0. The minimum atomic E-state index is -4.54. The zero-order valence-electron chi connectivity index (χ0n) is 20.1. The normalized spacial score (nSPS) is 23.9. The second-order valence-corrected chi connectivity index (χ2v) is 9.87. The third-order valence-electron chi connectivity index (χ3n) is 6.32. The van der Waals surface area contributed by atoms with Gasteiger partial charge >= 0.3 is 6.18 Å². The van der Waals surface area contributed by atoms with E-state index < -0.39 is 17.3 Å². The highest BCUT2D eigenvalue weighted by molar-refractivity contribution is 5.81. The fourth-order valence-electron chi connectivity index (χ4n) is 4.74. The SMILES string of the molecule is CC1CC(O)(c2ccn(C(C)C)n2)CC(COc2cc(C(F)(F)F)c3c(c2)ncn3C(C)C)N1. The monoisotopic (exact) mass is 479 g/mol. The fraction of sp³-hybridized carbons (Fsp3) is 0.583. The Bertz CT molecular complexity index is 1150. The lowest BCUT2D eigenvalue weighted by atomic mass is 9.82. The standard InChI is InChI=1S/C24H32F3N5O2/c1-14(2)31-13-28-20-9-18(8-19(22(20)31)24(25,26)27)34-12-17-11-23(33,10-16(5)29-17)21-6-7-32(30-21)15(3)4/h6-9,13-17,29,33H,10-12H2,1-5H3. The Morgan fingerprint density at radius 3 is 2.56 bits per heavy atom. The van der Waals surface area contributed by atoms with Crippen molar-refractivity contribution in [2.75, 3.05) is 6.61 Å². The molecule has 0 bridgehead atoms. The highest BCUT2D eigenvalue weighted by Gasteiger charge is 2.41. The Kier molecular flexibility index (Phi) is 6.41. The molecule has 4 rings (SSSR count). The summed E-state index contributed by atoms with van der Waals surface area (Å²) in [5, 5.41) is 19.3. The molecule has 1 aliphatic rings. The van der Waals surface area contributed by atoms with Crippen LogP contribution in [0.4, 0.5) is 13.2 Å². The van der Waals surface area contributed by atoms with E-state index in [0.29, 0.717) is 18.5 Å². The van der Waals surface area contributed by atoms with Gasteiger partial charge in [0.25, 0.3) is 0 Å². The molecule has 1 aromatic carbocycles. The molecule has 0 spiro atoms. The van der Waals surface area contributed by atoms with Crippen LogP contribution < -0.4 is 10.1 Å². The Morgan fingerprint density at radius 1 is 1.21 bits per heavy atom. The van der Waals surface area contributed by atoms with E-state index in [9.17, 15) is 18.3 Å². The molecule has 3 atom stereocenters. The Balaban J connectivity index is 1.56. The van der Waals surface area contributed by atoms with E-state index in [1.807, 2.05) is 46.9 Å². The minimum absolute atomic E-state index is 0.0218. The van der Waals surface area contributed by atoms with Gasteiger partial charge in [-0.15, -0.1) is 0 Å². The van der Waals surface area contributed by atoms with Gasteiger partial charge in [0, 0.05) is 42.9 Å². The number of nitrogens with zero attached hydrogens (tertiary/aromatic N) is 4. The Labute approximate surface area is 196 Å². The summed E-state index contributed by atoms with van der Waals surface area (Å²) >= 11 is 0. The number of halogens is 3. The number of fused-ring (bicyclic) bond motifs is 1.